The van der Waals surface area contributed by atoms with Crippen molar-refractivity contribution in [2.24, 2.45) is 0 Å². The number of carbonyl (C=O) groups is 1. The van der Waals surface area contributed by atoms with Gasteiger partial charge in [-0.2, -0.15) is 0 Å². The van der Waals surface area contributed by atoms with Crippen LogP contribution in [-0.2, 0) is 11.3 Å². The van der Waals surface area contributed by atoms with Crippen molar-refractivity contribution in [2.75, 3.05) is 6.54 Å². The molecule has 13 heavy (non-hydrogen) atoms. The van der Waals surface area contributed by atoms with Gasteiger partial charge < -0.3 is 9.88 Å². The Morgan fingerprint density at radius 3 is 2.77 bits per heavy atom. The van der Waals surface area contributed by atoms with Crippen LogP contribution >= 0.6 is 0 Å². The van der Waals surface area contributed by atoms with Gasteiger partial charge in [-0.25, -0.2) is 4.98 Å². The van der Waals surface area contributed by atoms with Crippen LogP contribution in [0.15, 0.2) is 6.33 Å². The van der Waals surface area contributed by atoms with Gasteiger partial charge in [-0.1, -0.05) is 0 Å². The van der Waals surface area contributed by atoms with Crippen LogP contribution in [0.25, 0.3) is 0 Å². The van der Waals surface area contributed by atoms with Crippen LogP contribution in [0.3, 0.4) is 0 Å². The third-order valence-electron chi connectivity index (χ3n) is 2.07. The summed E-state index contributed by atoms with van der Waals surface area (Å²) < 4.78 is 2.03. The van der Waals surface area contributed by atoms with Crippen LogP contribution in [0.5, 0.6) is 0 Å². The molecule has 1 aromatic heterocycles. The van der Waals surface area contributed by atoms with E-state index in [1.807, 2.05) is 18.4 Å². The van der Waals surface area contributed by atoms with E-state index in [1.165, 1.54) is 6.92 Å². The summed E-state index contributed by atoms with van der Waals surface area (Å²) in [5, 5.41) is 2.74. The Hall–Kier alpha value is -1.32. The number of rotatable bonds is 3. The van der Waals surface area contributed by atoms with Crippen LogP contribution in [0.4, 0.5) is 0 Å². The molecular formula is C9H15N3O. The highest BCUT2D eigenvalue weighted by Gasteiger charge is 2.00. The largest absolute Gasteiger partial charge is 0.355 e. The summed E-state index contributed by atoms with van der Waals surface area (Å²) in [4.78, 5) is 14.8. The summed E-state index contributed by atoms with van der Waals surface area (Å²) in [6.45, 7) is 6.96. The molecule has 1 N–H and O–H groups in total. The van der Waals surface area contributed by atoms with E-state index in [2.05, 4.69) is 10.3 Å². The molecule has 0 fully saturated rings. The second-order valence-corrected chi connectivity index (χ2v) is 3.09. The number of aryl methyl sites for hydroxylation is 1. The molecule has 0 saturated carbocycles. The lowest BCUT2D eigenvalue weighted by Crippen LogP contribution is -2.24. The minimum Gasteiger partial charge on any atom is -0.355 e. The lowest BCUT2D eigenvalue weighted by molar-refractivity contribution is -0.118. The highest BCUT2D eigenvalue weighted by molar-refractivity contribution is 5.72. The number of nitrogens with zero attached hydrogens (tertiary/aromatic N) is 2. The Kier molecular flexibility index (Phi) is 3.06. The molecule has 4 heteroatoms. The van der Waals surface area contributed by atoms with Crippen molar-refractivity contribution >= 4 is 5.91 Å². The topological polar surface area (TPSA) is 46.9 Å². The Morgan fingerprint density at radius 2 is 2.31 bits per heavy atom. The molecule has 0 aliphatic rings. The quantitative estimate of drug-likeness (QED) is 0.743. The molecule has 1 aromatic rings. The van der Waals surface area contributed by atoms with Crippen molar-refractivity contribution in [3.8, 4) is 0 Å². The van der Waals surface area contributed by atoms with Crippen LogP contribution in [-0.4, -0.2) is 22.0 Å². The van der Waals surface area contributed by atoms with Crippen molar-refractivity contribution in [3.05, 3.63) is 17.7 Å². The van der Waals surface area contributed by atoms with Crippen molar-refractivity contribution in [2.45, 2.75) is 27.3 Å². The van der Waals surface area contributed by atoms with E-state index < -0.39 is 0 Å². The van der Waals surface area contributed by atoms with Crippen LogP contribution in [0.1, 0.15) is 18.3 Å². The second kappa shape index (κ2) is 4.07. The third-order valence-corrected chi connectivity index (χ3v) is 2.07. The van der Waals surface area contributed by atoms with E-state index in [1.54, 1.807) is 6.33 Å². The minimum atomic E-state index is 0.00879. The number of hydrogen-bond acceptors (Lipinski definition) is 2. The van der Waals surface area contributed by atoms with Gasteiger partial charge in [0.15, 0.2) is 0 Å². The molecule has 1 rings (SSSR count). The first-order valence-corrected chi connectivity index (χ1v) is 4.34. The fourth-order valence-corrected chi connectivity index (χ4v) is 1.12. The monoisotopic (exact) mass is 181 g/mol. The second-order valence-electron chi connectivity index (χ2n) is 3.09. The Bertz CT molecular complexity index is 304. The number of aromatic nitrogens is 2. The summed E-state index contributed by atoms with van der Waals surface area (Å²) in [6.07, 6.45) is 1.80. The lowest BCUT2D eigenvalue weighted by Gasteiger charge is -2.05. The Balaban J connectivity index is 2.45. The minimum absolute atomic E-state index is 0.00879. The van der Waals surface area contributed by atoms with Gasteiger partial charge in [0.05, 0.1) is 12.0 Å². The molecule has 0 atom stereocenters. The molecule has 1 heterocycles. The molecule has 1 amide bonds. The van der Waals surface area contributed by atoms with Crippen molar-refractivity contribution in [1.29, 1.82) is 0 Å². The predicted octanol–water partition coefficient (Wildman–Crippen LogP) is 0.636. The van der Waals surface area contributed by atoms with Crippen molar-refractivity contribution < 1.29 is 4.79 Å². The molecule has 0 spiro atoms. The van der Waals surface area contributed by atoms with Crippen LogP contribution < -0.4 is 5.32 Å². The number of nitrogens with one attached hydrogen (secondary N) is 1. The third kappa shape index (κ3) is 2.57. The maximum absolute atomic E-state index is 10.6. The van der Waals surface area contributed by atoms with Gasteiger partial charge in [-0.15, -0.1) is 0 Å². The summed E-state index contributed by atoms with van der Waals surface area (Å²) in [6, 6.07) is 0. The maximum Gasteiger partial charge on any atom is 0.216 e. The number of carbonyl (C=O) groups excluding carboxylic acids is 1. The van der Waals surface area contributed by atoms with Gasteiger partial charge in [0.2, 0.25) is 5.91 Å². The normalized spacial score (nSPS) is 10.1. The highest BCUT2D eigenvalue weighted by atomic mass is 16.1. The molecule has 0 aliphatic carbocycles. The average molecular weight is 181 g/mol. The van der Waals surface area contributed by atoms with E-state index in [0.29, 0.717) is 6.54 Å². The maximum atomic E-state index is 10.6. The molecule has 0 radical (unpaired) electrons. The first-order valence-electron chi connectivity index (χ1n) is 4.34. The Morgan fingerprint density at radius 1 is 1.62 bits per heavy atom. The zero-order valence-electron chi connectivity index (χ0n) is 8.29. The molecule has 4 nitrogen and oxygen atoms in total. The van der Waals surface area contributed by atoms with Gasteiger partial charge in [0.25, 0.3) is 0 Å². The van der Waals surface area contributed by atoms with E-state index >= 15 is 0 Å². The Labute approximate surface area is 78.0 Å². The van der Waals surface area contributed by atoms with Gasteiger partial charge in [0, 0.05) is 25.7 Å². The first kappa shape index (κ1) is 9.77. The zero-order chi connectivity index (χ0) is 9.84. The summed E-state index contributed by atoms with van der Waals surface area (Å²) in [5.41, 5.74) is 2.20. The lowest BCUT2D eigenvalue weighted by atomic mass is 10.4. The van der Waals surface area contributed by atoms with Crippen molar-refractivity contribution in [1.82, 2.24) is 14.9 Å². The molecule has 0 saturated heterocycles. The number of imidazole rings is 1. The van der Waals surface area contributed by atoms with Gasteiger partial charge in [-0.3, -0.25) is 4.79 Å². The summed E-state index contributed by atoms with van der Waals surface area (Å²) >= 11 is 0. The summed E-state index contributed by atoms with van der Waals surface area (Å²) in [5.74, 6) is 0.00879. The number of hydrogen-bond donors (Lipinski definition) is 1. The van der Waals surface area contributed by atoms with Crippen LogP contribution in [0.2, 0.25) is 0 Å². The fourth-order valence-electron chi connectivity index (χ4n) is 1.12. The SMILES string of the molecule is CC(=O)NCCn1cnc(C)c1C. The highest BCUT2D eigenvalue weighted by Crippen LogP contribution is 2.02. The standard InChI is InChI=1S/C9H15N3O/c1-7-8(2)12(6-11-7)5-4-10-9(3)13/h6H,4-5H2,1-3H3,(H,10,13). The molecule has 0 bridgehead atoms. The summed E-state index contributed by atoms with van der Waals surface area (Å²) in [7, 11) is 0. The van der Waals surface area contributed by atoms with E-state index in [9.17, 15) is 4.79 Å². The van der Waals surface area contributed by atoms with E-state index in [4.69, 9.17) is 0 Å². The first-order chi connectivity index (χ1) is 6.11. The van der Waals surface area contributed by atoms with E-state index in [-0.39, 0.29) is 5.91 Å². The number of amides is 1. The van der Waals surface area contributed by atoms with Gasteiger partial charge >= 0.3 is 0 Å². The van der Waals surface area contributed by atoms with E-state index in [0.717, 1.165) is 17.9 Å². The molecule has 0 aliphatic heterocycles. The smallest absolute Gasteiger partial charge is 0.216 e. The molecule has 0 unspecified atom stereocenters. The molecule has 0 aromatic carbocycles. The van der Waals surface area contributed by atoms with Gasteiger partial charge in [0.1, 0.15) is 0 Å². The molecular weight excluding hydrogens is 166 g/mol. The zero-order valence-corrected chi connectivity index (χ0v) is 8.29. The average Bonchev–Trinajstić information content (AvgIpc) is 2.35. The van der Waals surface area contributed by atoms with Gasteiger partial charge in [-0.05, 0) is 13.8 Å². The van der Waals surface area contributed by atoms with Crippen LogP contribution in [0, 0.1) is 13.8 Å². The van der Waals surface area contributed by atoms with Crippen molar-refractivity contribution in [3.63, 3.8) is 0 Å². The molecule has 72 valence electrons. The fraction of sp³-hybridized carbons (Fsp3) is 0.556. The predicted molar refractivity (Wildman–Crippen MR) is 50.4 cm³/mol.